The highest BCUT2D eigenvalue weighted by atomic mass is 16.5. The number of hydrogen-bond donors (Lipinski definition) is 0. The van der Waals surface area contributed by atoms with Gasteiger partial charge in [-0.05, 0) is 24.0 Å². The zero-order valence-corrected chi connectivity index (χ0v) is 19.3. The minimum absolute atomic E-state index is 0.109. The van der Waals surface area contributed by atoms with E-state index in [0.717, 1.165) is 25.7 Å². The molecule has 0 fully saturated rings. The van der Waals surface area contributed by atoms with Crippen LogP contribution in [0.3, 0.4) is 0 Å². The van der Waals surface area contributed by atoms with Crippen molar-refractivity contribution >= 4 is 5.97 Å². The van der Waals surface area contributed by atoms with Gasteiger partial charge in [0.15, 0.2) is 0 Å². The summed E-state index contributed by atoms with van der Waals surface area (Å²) in [4.78, 5) is 12.2. The molecule has 170 valence electrons. The van der Waals surface area contributed by atoms with Gasteiger partial charge >= 0.3 is 5.97 Å². The van der Waals surface area contributed by atoms with Crippen LogP contribution >= 0.6 is 0 Å². The molecule has 0 aliphatic carbocycles. The van der Waals surface area contributed by atoms with Crippen molar-refractivity contribution in [2.45, 2.75) is 90.3 Å². The molecule has 0 aliphatic rings. The molecule has 3 nitrogen and oxygen atoms in total. The van der Waals surface area contributed by atoms with Crippen molar-refractivity contribution in [3.8, 4) is 0 Å². The maximum atomic E-state index is 12.2. The first-order valence-electron chi connectivity index (χ1n) is 12.1. The molecule has 0 amide bonds. The Hall–Kier alpha value is -2.13. The fourth-order valence-corrected chi connectivity index (χ4v) is 3.71. The highest BCUT2D eigenvalue weighted by molar-refractivity contribution is 5.69. The van der Waals surface area contributed by atoms with Crippen molar-refractivity contribution in [1.82, 2.24) is 0 Å². The maximum Gasteiger partial charge on any atom is 0.305 e. The zero-order chi connectivity index (χ0) is 22.0. The average molecular weight is 425 g/mol. The molecule has 31 heavy (non-hydrogen) atoms. The van der Waals surface area contributed by atoms with E-state index < -0.39 is 0 Å². The second-order valence-electron chi connectivity index (χ2n) is 8.32. The summed E-state index contributed by atoms with van der Waals surface area (Å²) in [6, 6.07) is 20.4. The summed E-state index contributed by atoms with van der Waals surface area (Å²) in [7, 11) is 0. The first-order valence-corrected chi connectivity index (χ1v) is 12.1. The molecule has 0 aliphatic heterocycles. The normalized spacial score (nSPS) is 11.9. The minimum Gasteiger partial charge on any atom is -0.465 e. The van der Waals surface area contributed by atoms with Crippen molar-refractivity contribution in [3.63, 3.8) is 0 Å². The van der Waals surface area contributed by atoms with E-state index in [-0.39, 0.29) is 12.1 Å². The molecule has 0 saturated carbocycles. The predicted octanol–water partition coefficient (Wildman–Crippen LogP) is 7.28. The van der Waals surface area contributed by atoms with Crippen LogP contribution in [0.1, 0.15) is 82.3 Å². The highest BCUT2D eigenvalue weighted by Crippen LogP contribution is 2.17. The molecule has 0 saturated heterocycles. The molecule has 0 N–H and O–H groups in total. The first kappa shape index (κ1) is 25.1. The standard InChI is InChI=1S/C28H40O3/c1-2-3-4-5-6-7-14-19-27(31-24-26-17-12-9-13-18-26)20-21-28(29)30-23-22-25-15-10-8-11-16-25/h8-13,15-18,27H,2-7,14,19-24H2,1H3. The number of benzene rings is 2. The first-order chi connectivity index (χ1) is 15.3. The number of rotatable bonds is 17. The van der Waals surface area contributed by atoms with E-state index in [2.05, 4.69) is 31.2 Å². The summed E-state index contributed by atoms with van der Waals surface area (Å²) in [5, 5.41) is 0. The van der Waals surface area contributed by atoms with E-state index in [1.807, 2.05) is 36.4 Å². The van der Waals surface area contributed by atoms with Crippen LogP contribution in [-0.2, 0) is 27.3 Å². The molecular formula is C28H40O3. The Morgan fingerprint density at radius 1 is 0.774 bits per heavy atom. The van der Waals surface area contributed by atoms with E-state index in [1.165, 1.54) is 49.7 Å². The Kier molecular flexibility index (Phi) is 13.4. The van der Waals surface area contributed by atoms with Crippen molar-refractivity contribution < 1.29 is 14.3 Å². The molecule has 2 aromatic carbocycles. The molecule has 3 heteroatoms. The zero-order valence-electron chi connectivity index (χ0n) is 19.3. The van der Waals surface area contributed by atoms with Gasteiger partial charge in [0.1, 0.15) is 0 Å². The topological polar surface area (TPSA) is 35.5 Å². The van der Waals surface area contributed by atoms with Gasteiger partial charge < -0.3 is 9.47 Å². The number of hydrogen-bond acceptors (Lipinski definition) is 3. The lowest BCUT2D eigenvalue weighted by molar-refractivity contribution is -0.144. The SMILES string of the molecule is CCCCCCCCCC(CCC(=O)OCCc1ccccc1)OCc1ccccc1. The van der Waals surface area contributed by atoms with Crippen LogP contribution in [0.5, 0.6) is 0 Å². The molecule has 0 bridgehead atoms. The van der Waals surface area contributed by atoms with Gasteiger partial charge in [-0.25, -0.2) is 0 Å². The van der Waals surface area contributed by atoms with Crippen LogP contribution in [0.2, 0.25) is 0 Å². The quantitative estimate of drug-likeness (QED) is 0.198. The van der Waals surface area contributed by atoms with Gasteiger partial charge in [-0.2, -0.15) is 0 Å². The number of unbranched alkanes of at least 4 members (excludes halogenated alkanes) is 6. The summed E-state index contributed by atoms with van der Waals surface area (Å²) in [6.45, 7) is 3.29. The highest BCUT2D eigenvalue weighted by Gasteiger charge is 2.13. The number of carbonyl (C=O) groups excluding carboxylic acids is 1. The smallest absolute Gasteiger partial charge is 0.305 e. The van der Waals surface area contributed by atoms with E-state index in [1.54, 1.807) is 0 Å². The van der Waals surface area contributed by atoms with Crippen LogP contribution in [0.25, 0.3) is 0 Å². The Balaban J connectivity index is 1.68. The summed E-state index contributed by atoms with van der Waals surface area (Å²) in [5.74, 6) is -0.121. The summed E-state index contributed by atoms with van der Waals surface area (Å²) < 4.78 is 11.6. The molecule has 0 heterocycles. The molecule has 0 radical (unpaired) electrons. The van der Waals surface area contributed by atoms with Gasteiger partial charge in [0, 0.05) is 12.8 Å². The van der Waals surface area contributed by atoms with E-state index in [9.17, 15) is 4.79 Å². The maximum absolute atomic E-state index is 12.2. The second kappa shape index (κ2) is 16.5. The lowest BCUT2D eigenvalue weighted by atomic mass is 10.0. The van der Waals surface area contributed by atoms with E-state index in [4.69, 9.17) is 9.47 Å². The molecule has 2 aromatic rings. The summed E-state index contributed by atoms with van der Waals surface area (Å²) in [6.07, 6.45) is 12.0. The van der Waals surface area contributed by atoms with Gasteiger partial charge in [-0.1, -0.05) is 113 Å². The van der Waals surface area contributed by atoms with Crippen molar-refractivity contribution in [2.24, 2.45) is 0 Å². The van der Waals surface area contributed by atoms with Crippen molar-refractivity contribution in [3.05, 3.63) is 71.8 Å². The third-order valence-electron chi connectivity index (χ3n) is 5.63. The average Bonchev–Trinajstić information content (AvgIpc) is 2.81. The van der Waals surface area contributed by atoms with E-state index >= 15 is 0 Å². The molecular weight excluding hydrogens is 384 g/mol. The largest absolute Gasteiger partial charge is 0.465 e. The molecule has 1 unspecified atom stereocenters. The van der Waals surface area contributed by atoms with Gasteiger partial charge in [0.2, 0.25) is 0 Å². The van der Waals surface area contributed by atoms with Crippen LogP contribution in [0.4, 0.5) is 0 Å². The third-order valence-corrected chi connectivity index (χ3v) is 5.63. The number of carbonyl (C=O) groups is 1. The van der Waals surface area contributed by atoms with Gasteiger partial charge in [-0.15, -0.1) is 0 Å². The third kappa shape index (κ3) is 12.3. The Morgan fingerprint density at radius 2 is 1.39 bits per heavy atom. The summed E-state index contributed by atoms with van der Waals surface area (Å²) in [5.41, 5.74) is 2.37. The summed E-state index contributed by atoms with van der Waals surface area (Å²) >= 11 is 0. The van der Waals surface area contributed by atoms with Crippen molar-refractivity contribution in [2.75, 3.05) is 6.61 Å². The Morgan fingerprint density at radius 3 is 2.06 bits per heavy atom. The Labute approximate surface area is 189 Å². The monoisotopic (exact) mass is 424 g/mol. The van der Waals surface area contributed by atoms with Crippen LogP contribution in [-0.4, -0.2) is 18.7 Å². The lowest BCUT2D eigenvalue weighted by Crippen LogP contribution is -2.16. The number of ether oxygens (including phenoxy) is 2. The minimum atomic E-state index is -0.121. The van der Waals surface area contributed by atoms with Crippen LogP contribution in [0, 0.1) is 0 Å². The van der Waals surface area contributed by atoms with Gasteiger partial charge in [0.25, 0.3) is 0 Å². The predicted molar refractivity (Wildman–Crippen MR) is 128 cm³/mol. The molecule has 1 atom stereocenters. The van der Waals surface area contributed by atoms with Crippen LogP contribution < -0.4 is 0 Å². The van der Waals surface area contributed by atoms with Gasteiger partial charge in [0.05, 0.1) is 19.3 Å². The fraction of sp³-hybridized carbons (Fsp3) is 0.536. The molecule has 0 aromatic heterocycles. The van der Waals surface area contributed by atoms with E-state index in [0.29, 0.717) is 19.6 Å². The second-order valence-corrected chi connectivity index (χ2v) is 8.32. The number of esters is 1. The molecule has 0 spiro atoms. The Bertz CT molecular complexity index is 684. The fourth-order valence-electron chi connectivity index (χ4n) is 3.71. The van der Waals surface area contributed by atoms with Gasteiger partial charge in [-0.3, -0.25) is 4.79 Å². The van der Waals surface area contributed by atoms with Crippen molar-refractivity contribution in [1.29, 1.82) is 0 Å². The molecule has 2 rings (SSSR count). The van der Waals surface area contributed by atoms with Crippen LogP contribution in [0.15, 0.2) is 60.7 Å². The lowest BCUT2D eigenvalue weighted by Gasteiger charge is -2.18.